The molecule has 1 fully saturated rings. The number of thiazole rings is 1. The summed E-state index contributed by atoms with van der Waals surface area (Å²) in [5.41, 5.74) is 8.14. The van der Waals surface area contributed by atoms with Crippen molar-refractivity contribution in [3.05, 3.63) is 16.6 Å². The lowest BCUT2D eigenvalue weighted by Gasteiger charge is -2.21. The Hall–Kier alpha value is -0.940. The van der Waals surface area contributed by atoms with Crippen LogP contribution in [0.2, 0.25) is 0 Å². The van der Waals surface area contributed by atoms with E-state index < -0.39 is 0 Å². The van der Waals surface area contributed by atoms with Crippen molar-refractivity contribution in [2.45, 2.75) is 25.3 Å². The predicted octanol–water partition coefficient (Wildman–Crippen LogP) is 1.10. The first-order valence-corrected chi connectivity index (χ1v) is 6.14. The summed E-state index contributed by atoms with van der Waals surface area (Å²) in [7, 11) is 0. The fourth-order valence-electron chi connectivity index (χ4n) is 1.84. The summed E-state index contributed by atoms with van der Waals surface area (Å²) in [6, 6.07) is 0.120. The first-order valence-electron chi connectivity index (χ1n) is 5.20. The number of aromatic nitrogens is 1. The second kappa shape index (κ2) is 4.72. The highest BCUT2D eigenvalue weighted by Crippen LogP contribution is 2.12. The van der Waals surface area contributed by atoms with E-state index in [-0.39, 0.29) is 11.9 Å². The van der Waals surface area contributed by atoms with Gasteiger partial charge in [-0.1, -0.05) is 6.42 Å². The van der Waals surface area contributed by atoms with Gasteiger partial charge in [0, 0.05) is 24.5 Å². The number of hydrogen-bond acceptors (Lipinski definition) is 4. The lowest BCUT2D eigenvalue weighted by Crippen LogP contribution is -2.39. The fraction of sp³-hybridized carbons (Fsp3) is 0.600. The van der Waals surface area contributed by atoms with Crippen LogP contribution in [-0.4, -0.2) is 34.9 Å². The summed E-state index contributed by atoms with van der Waals surface area (Å²) >= 11 is 1.45. The Balaban J connectivity index is 2.06. The molecule has 0 bridgehead atoms. The van der Waals surface area contributed by atoms with E-state index in [2.05, 4.69) is 4.98 Å². The summed E-state index contributed by atoms with van der Waals surface area (Å²) in [5.74, 6) is 0.0219. The van der Waals surface area contributed by atoms with Gasteiger partial charge in [-0.2, -0.15) is 0 Å². The van der Waals surface area contributed by atoms with E-state index in [0.29, 0.717) is 12.2 Å². The minimum atomic E-state index is 0.0219. The van der Waals surface area contributed by atoms with Crippen LogP contribution in [0, 0.1) is 0 Å². The average molecular weight is 225 g/mol. The molecule has 4 nitrogen and oxygen atoms in total. The highest BCUT2D eigenvalue weighted by Gasteiger charge is 2.21. The van der Waals surface area contributed by atoms with E-state index in [9.17, 15) is 4.79 Å². The zero-order valence-electron chi connectivity index (χ0n) is 8.56. The molecular weight excluding hydrogens is 210 g/mol. The maximum Gasteiger partial charge on any atom is 0.273 e. The number of amides is 1. The molecule has 1 saturated heterocycles. The molecule has 0 aromatic carbocycles. The minimum absolute atomic E-state index is 0.0219. The van der Waals surface area contributed by atoms with E-state index in [1.54, 1.807) is 10.9 Å². The van der Waals surface area contributed by atoms with Gasteiger partial charge in [0.2, 0.25) is 0 Å². The second-order valence-corrected chi connectivity index (χ2v) is 4.60. The van der Waals surface area contributed by atoms with Crippen molar-refractivity contribution >= 4 is 17.2 Å². The number of carbonyl (C=O) groups is 1. The average Bonchev–Trinajstić information content (AvgIpc) is 2.67. The molecule has 1 aromatic heterocycles. The molecule has 2 heterocycles. The molecule has 2 N–H and O–H groups in total. The molecule has 0 radical (unpaired) electrons. The van der Waals surface area contributed by atoms with Crippen LogP contribution in [-0.2, 0) is 0 Å². The highest BCUT2D eigenvalue weighted by atomic mass is 32.1. The Morgan fingerprint density at radius 1 is 1.60 bits per heavy atom. The van der Waals surface area contributed by atoms with Crippen LogP contribution in [0.1, 0.15) is 29.8 Å². The van der Waals surface area contributed by atoms with Crippen LogP contribution < -0.4 is 5.73 Å². The standard InChI is InChI=1S/C10H15N3OS/c11-8-3-1-2-4-13(5-8)10(14)9-6-15-7-12-9/h6-8H,1-5,11H2. The molecule has 1 aromatic rings. The molecular formula is C10H15N3OS. The van der Waals surface area contributed by atoms with Crippen LogP contribution in [0.3, 0.4) is 0 Å². The van der Waals surface area contributed by atoms with Gasteiger partial charge in [0.1, 0.15) is 5.69 Å². The summed E-state index contributed by atoms with van der Waals surface area (Å²) in [6.07, 6.45) is 3.17. The first-order chi connectivity index (χ1) is 7.27. The molecule has 1 atom stereocenters. The topological polar surface area (TPSA) is 59.2 Å². The number of likely N-dealkylation sites (tertiary alicyclic amines) is 1. The van der Waals surface area contributed by atoms with Gasteiger partial charge in [0.15, 0.2) is 0 Å². The lowest BCUT2D eigenvalue weighted by atomic mass is 10.2. The van der Waals surface area contributed by atoms with Crippen LogP contribution in [0.25, 0.3) is 0 Å². The maximum atomic E-state index is 12.0. The van der Waals surface area contributed by atoms with Crippen LogP contribution in [0.5, 0.6) is 0 Å². The van der Waals surface area contributed by atoms with Crippen LogP contribution >= 0.6 is 11.3 Å². The van der Waals surface area contributed by atoms with Gasteiger partial charge in [-0.05, 0) is 12.8 Å². The van der Waals surface area contributed by atoms with Gasteiger partial charge in [0.05, 0.1) is 5.51 Å². The molecule has 0 spiro atoms. The van der Waals surface area contributed by atoms with Crippen molar-refractivity contribution in [2.75, 3.05) is 13.1 Å². The van der Waals surface area contributed by atoms with E-state index >= 15 is 0 Å². The van der Waals surface area contributed by atoms with E-state index in [1.807, 2.05) is 4.90 Å². The smallest absolute Gasteiger partial charge is 0.273 e. The number of nitrogens with zero attached hydrogens (tertiary/aromatic N) is 2. The summed E-state index contributed by atoms with van der Waals surface area (Å²) in [5, 5.41) is 1.79. The Morgan fingerprint density at radius 2 is 2.47 bits per heavy atom. The van der Waals surface area contributed by atoms with Gasteiger partial charge >= 0.3 is 0 Å². The molecule has 1 unspecified atom stereocenters. The maximum absolute atomic E-state index is 12.0. The number of rotatable bonds is 1. The highest BCUT2D eigenvalue weighted by molar-refractivity contribution is 7.07. The lowest BCUT2D eigenvalue weighted by molar-refractivity contribution is 0.0750. The van der Waals surface area contributed by atoms with Crippen molar-refractivity contribution in [2.24, 2.45) is 5.73 Å². The van der Waals surface area contributed by atoms with Crippen molar-refractivity contribution in [1.29, 1.82) is 0 Å². The van der Waals surface area contributed by atoms with Crippen molar-refractivity contribution in [1.82, 2.24) is 9.88 Å². The Labute approximate surface area is 93.1 Å². The fourth-order valence-corrected chi connectivity index (χ4v) is 2.37. The van der Waals surface area contributed by atoms with Crippen LogP contribution in [0.15, 0.2) is 10.9 Å². The molecule has 2 rings (SSSR count). The monoisotopic (exact) mass is 225 g/mol. The van der Waals surface area contributed by atoms with E-state index in [1.165, 1.54) is 11.3 Å². The normalized spacial score (nSPS) is 22.5. The van der Waals surface area contributed by atoms with Gasteiger partial charge in [-0.25, -0.2) is 4.98 Å². The number of nitrogens with two attached hydrogens (primary N) is 1. The van der Waals surface area contributed by atoms with Crippen molar-refractivity contribution in [3.63, 3.8) is 0 Å². The predicted molar refractivity (Wildman–Crippen MR) is 59.8 cm³/mol. The third kappa shape index (κ3) is 2.54. The first kappa shape index (κ1) is 10.6. The quantitative estimate of drug-likeness (QED) is 0.778. The van der Waals surface area contributed by atoms with Crippen LogP contribution in [0.4, 0.5) is 0 Å². The molecule has 1 amide bonds. The molecule has 1 aliphatic rings. The summed E-state index contributed by atoms with van der Waals surface area (Å²) < 4.78 is 0. The molecule has 0 saturated carbocycles. The van der Waals surface area contributed by atoms with E-state index in [0.717, 1.165) is 25.8 Å². The number of hydrogen-bond donors (Lipinski definition) is 1. The Bertz CT molecular complexity index is 325. The largest absolute Gasteiger partial charge is 0.336 e. The third-order valence-electron chi connectivity index (χ3n) is 2.65. The molecule has 0 aliphatic carbocycles. The summed E-state index contributed by atoms with van der Waals surface area (Å²) in [6.45, 7) is 1.47. The Morgan fingerprint density at radius 3 is 3.20 bits per heavy atom. The van der Waals surface area contributed by atoms with Gasteiger partial charge in [-0.3, -0.25) is 4.79 Å². The van der Waals surface area contributed by atoms with E-state index in [4.69, 9.17) is 5.73 Å². The van der Waals surface area contributed by atoms with Crippen molar-refractivity contribution < 1.29 is 4.79 Å². The summed E-state index contributed by atoms with van der Waals surface area (Å²) in [4.78, 5) is 17.8. The zero-order chi connectivity index (χ0) is 10.7. The minimum Gasteiger partial charge on any atom is -0.336 e. The molecule has 82 valence electrons. The Kier molecular flexibility index (Phi) is 3.33. The molecule has 15 heavy (non-hydrogen) atoms. The number of carbonyl (C=O) groups excluding carboxylic acids is 1. The second-order valence-electron chi connectivity index (χ2n) is 3.88. The van der Waals surface area contributed by atoms with Gasteiger partial charge in [-0.15, -0.1) is 11.3 Å². The molecule has 5 heteroatoms. The van der Waals surface area contributed by atoms with Gasteiger partial charge < -0.3 is 10.6 Å². The molecule has 1 aliphatic heterocycles. The third-order valence-corrected chi connectivity index (χ3v) is 3.23. The van der Waals surface area contributed by atoms with Crippen molar-refractivity contribution in [3.8, 4) is 0 Å². The SMILES string of the molecule is NC1CCCCN(C(=O)c2cscn2)C1. The zero-order valence-corrected chi connectivity index (χ0v) is 9.37. The van der Waals surface area contributed by atoms with Gasteiger partial charge in [0.25, 0.3) is 5.91 Å².